The summed E-state index contributed by atoms with van der Waals surface area (Å²) in [7, 11) is 1.90. The molecule has 1 aromatic heterocycles. The molecule has 26 heavy (non-hydrogen) atoms. The molecule has 0 fully saturated rings. The second-order valence-electron chi connectivity index (χ2n) is 7.04. The molecule has 0 aliphatic carbocycles. The molecular weight excluding hydrogens is 322 g/mol. The van der Waals surface area contributed by atoms with Crippen LogP contribution in [0.4, 0.5) is 5.82 Å². The average Bonchev–Trinajstić information content (AvgIpc) is 2.81. The van der Waals surface area contributed by atoms with Crippen LogP contribution in [0.5, 0.6) is 0 Å². The zero-order chi connectivity index (χ0) is 18.4. The van der Waals surface area contributed by atoms with Gasteiger partial charge in [-0.25, -0.2) is 4.98 Å². The van der Waals surface area contributed by atoms with E-state index in [1.54, 1.807) is 0 Å². The fourth-order valence-electron chi connectivity index (χ4n) is 3.62. The molecule has 2 heterocycles. The average molecular weight is 351 g/mol. The van der Waals surface area contributed by atoms with E-state index in [1.165, 1.54) is 16.7 Å². The Kier molecular flexibility index (Phi) is 6.26. The summed E-state index contributed by atoms with van der Waals surface area (Å²) in [5.74, 6) is 1.22. The largest absolute Gasteiger partial charge is 0.373 e. The Morgan fingerprint density at radius 2 is 2.00 bits per heavy atom. The minimum absolute atomic E-state index is 0.292. The number of amides is 1. The van der Waals surface area contributed by atoms with Crippen molar-refractivity contribution >= 4 is 11.7 Å². The van der Waals surface area contributed by atoms with Crippen LogP contribution in [0.25, 0.3) is 0 Å². The van der Waals surface area contributed by atoms with Crippen molar-refractivity contribution in [2.45, 2.75) is 52.0 Å². The molecule has 0 unspecified atom stereocenters. The number of pyridine rings is 1. The predicted molar refractivity (Wildman–Crippen MR) is 106 cm³/mol. The van der Waals surface area contributed by atoms with Gasteiger partial charge in [-0.1, -0.05) is 31.2 Å². The molecule has 0 spiro atoms. The van der Waals surface area contributed by atoms with Crippen LogP contribution in [0.15, 0.2) is 36.4 Å². The molecule has 1 amide bonds. The second kappa shape index (κ2) is 8.84. The Hall–Kier alpha value is -2.36. The van der Waals surface area contributed by atoms with Crippen LogP contribution in [0, 0.1) is 0 Å². The molecule has 4 heteroatoms. The number of hydrogen-bond donors (Lipinski definition) is 1. The molecule has 138 valence electrons. The highest BCUT2D eigenvalue weighted by molar-refractivity contribution is 5.77. The highest BCUT2D eigenvalue weighted by Gasteiger charge is 2.19. The first-order valence-electron chi connectivity index (χ1n) is 9.71. The monoisotopic (exact) mass is 351 g/mol. The summed E-state index contributed by atoms with van der Waals surface area (Å²) in [6.45, 7) is 3.75. The van der Waals surface area contributed by atoms with Crippen LogP contribution in [-0.2, 0) is 30.6 Å². The molecule has 3 rings (SSSR count). The molecule has 0 saturated carbocycles. The maximum absolute atomic E-state index is 12.3. The molecule has 0 atom stereocenters. The number of rotatable bonds is 7. The third-order valence-corrected chi connectivity index (χ3v) is 5.05. The van der Waals surface area contributed by atoms with Crippen LogP contribution in [0.3, 0.4) is 0 Å². The topological polar surface area (TPSA) is 45.2 Å². The fraction of sp³-hybridized carbons (Fsp3) is 0.455. The van der Waals surface area contributed by atoms with E-state index in [4.69, 9.17) is 0 Å². The van der Waals surface area contributed by atoms with Gasteiger partial charge in [-0.2, -0.15) is 0 Å². The van der Waals surface area contributed by atoms with Gasteiger partial charge in [0.2, 0.25) is 5.91 Å². The number of fused-ring (bicyclic) bond motifs is 1. The van der Waals surface area contributed by atoms with E-state index >= 15 is 0 Å². The Bertz CT molecular complexity index is 757. The van der Waals surface area contributed by atoms with E-state index in [2.05, 4.69) is 47.6 Å². The van der Waals surface area contributed by atoms with Crippen LogP contribution >= 0.6 is 0 Å². The molecule has 0 bridgehead atoms. The lowest BCUT2D eigenvalue weighted by Gasteiger charge is -2.20. The summed E-state index contributed by atoms with van der Waals surface area (Å²) in [5.41, 5.74) is 5.16. The zero-order valence-corrected chi connectivity index (χ0v) is 15.9. The normalized spacial score (nSPS) is 14.1. The number of anilines is 1. The van der Waals surface area contributed by atoms with Crippen LogP contribution < -0.4 is 5.32 Å². The molecule has 1 aromatic carbocycles. The quantitative estimate of drug-likeness (QED) is 0.820. The maximum Gasteiger partial charge on any atom is 0.223 e. The number of benzene rings is 1. The Morgan fingerprint density at radius 3 is 2.81 bits per heavy atom. The molecule has 1 N–H and O–H groups in total. The Balaban J connectivity index is 1.63. The van der Waals surface area contributed by atoms with Crippen molar-refractivity contribution < 1.29 is 4.79 Å². The van der Waals surface area contributed by atoms with Crippen LogP contribution in [0.2, 0.25) is 0 Å². The molecular formula is C22H29N3O. The third kappa shape index (κ3) is 4.63. The van der Waals surface area contributed by atoms with Gasteiger partial charge in [-0.05, 0) is 60.9 Å². The molecule has 1 aliphatic rings. The summed E-state index contributed by atoms with van der Waals surface area (Å²) in [6.07, 6.45) is 5.62. The van der Waals surface area contributed by atoms with Crippen LogP contribution in [0.1, 0.15) is 48.6 Å². The number of hydrogen-bond acceptors (Lipinski definition) is 3. The van der Waals surface area contributed by atoms with Crippen molar-refractivity contribution in [3.63, 3.8) is 0 Å². The number of aryl methyl sites for hydroxylation is 3. The first kappa shape index (κ1) is 18.4. The summed E-state index contributed by atoms with van der Waals surface area (Å²) >= 11 is 0. The van der Waals surface area contributed by atoms with Crippen molar-refractivity contribution in [3.8, 4) is 0 Å². The number of aromatic nitrogens is 1. The van der Waals surface area contributed by atoms with Crippen molar-refractivity contribution in [1.82, 2.24) is 9.88 Å². The van der Waals surface area contributed by atoms with Gasteiger partial charge < -0.3 is 10.2 Å². The molecule has 1 aliphatic heterocycles. The van der Waals surface area contributed by atoms with Crippen LogP contribution in [-0.4, -0.2) is 29.4 Å². The highest BCUT2D eigenvalue weighted by atomic mass is 16.2. The second-order valence-corrected chi connectivity index (χ2v) is 7.04. The Labute approximate surface area is 156 Å². The standard InChI is InChI=1S/C22H29N3O/c1-3-14-25-16-19-15-17(10-11-18(19)12-13-22(25)26)6-4-7-20-8-5-9-21(23-2)24-20/h5,8-11,15H,3-4,6-7,12-14,16H2,1-2H3,(H,23,24). The predicted octanol–water partition coefficient (Wildman–Crippen LogP) is 3.98. The molecule has 4 nitrogen and oxygen atoms in total. The number of carbonyl (C=O) groups excluding carboxylic acids is 1. The van der Waals surface area contributed by atoms with Gasteiger partial charge in [0.05, 0.1) is 0 Å². The van der Waals surface area contributed by atoms with Gasteiger partial charge in [0.15, 0.2) is 0 Å². The number of nitrogens with one attached hydrogen (secondary N) is 1. The lowest BCUT2D eigenvalue weighted by molar-refractivity contribution is -0.131. The van der Waals surface area contributed by atoms with Gasteiger partial charge in [0.1, 0.15) is 5.82 Å². The maximum atomic E-state index is 12.3. The number of carbonyl (C=O) groups is 1. The molecule has 0 radical (unpaired) electrons. The van der Waals surface area contributed by atoms with Gasteiger partial charge >= 0.3 is 0 Å². The lowest BCUT2D eigenvalue weighted by atomic mass is 9.98. The van der Waals surface area contributed by atoms with Gasteiger partial charge in [-0.3, -0.25) is 4.79 Å². The highest BCUT2D eigenvalue weighted by Crippen LogP contribution is 2.22. The van der Waals surface area contributed by atoms with Gasteiger partial charge in [0.25, 0.3) is 0 Å². The zero-order valence-electron chi connectivity index (χ0n) is 15.9. The molecule has 2 aromatic rings. The van der Waals surface area contributed by atoms with E-state index in [0.717, 1.165) is 56.7 Å². The van der Waals surface area contributed by atoms with E-state index in [0.29, 0.717) is 12.3 Å². The first-order chi connectivity index (χ1) is 12.7. The minimum atomic E-state index is 0.292. The first-order valence-corrected chi connectivity index (χ1v) is 9.71. The summed E-state index contributed by atoms with van der Waals surface area (Å²) in [5, 5.41) is 3.09. The smallest absolute Gasteiger partial charge is 0.223 e. The summed E-state index contributed by atoms with van der Waals surface area (Å²) in [6, 6.07) is 12.9. The van der Waals surface area contributed by atoms with Gasteiger partial charge in [0, 0.05) is 32.3 Å². The van der Waals surface area contributed by atoms with E-state index in [-0.39, 0.29) is 0 Å². The van der Waals surface area contributed by atoms with Gasteiger partial charge in [-0.15, -0.1) is 0 Å². The van der Waals surface area contributed by atoms with E-state index in [1.807, 2.05) is 18.0 Å². The lowest BCUT2D eigenvalue weighted by Crippen LogP contribution is -2.29. The van der Waals surface area contributed by atoms with Crippen molar-refractivity contribution in [3.05, 3.63) is 58.8 Å². The summed E-state index contributed by atoms with van der Waals surface area (Å²) < 4.78 is 0. The fourth-order valence-corrected chi connectivity index (χ4v) is 3.62. The SMILES string of the molecule is CCCN1Cc2cc(CCCc3cccc(NC)n3)ccc2CCC1=O. The minimum Gasteiger partial charge on any atom is -0.373 e. The van der Waals surface area contributed by atoms with E-state index < -0.39 is 0 Å². The van der Waals surface area contributed by atoms with Crippen molar-refractivity contribution in [2.24, 2.45) is 0 Å². The molecule has 0 saturated heterocycles. The van der Waals surface area contributed by atoms with Crippen molar-refractivity contribution in [1.29, 1.82) is 0 Å². The van der Waals surface area contributed by atoms with E-state index in [9.17, 15) is 4.79 Å². The Morgan fingerprint density at radius 1 is 1.12 bits per heavy atom. The number of nitrogens with zero attached hydrogens (tertiary/aromatic N) is 2. The third-order valence-electron chi connectivity index (χ3n) is 5.05. The summed E-state index contributed by atoms with van der Waals surface area (Å²) in [4.78, 5) is 18.9. The van der Waals surface area contributed by atoms with Crippen molar-refractivity contribution in [2.75, 3.05) is 18.9 Å².